The summed E-state index contributed by atoms with van der Waals surface area (Å²) in [5, 5.41) is 9.70. The molecule has 0 atom stereocenters. The van der Waals surface area contributed by atoms with E-state index >= 15 is 0 Å². The average Bonchev–Trinajstić information content (AvgIpc) is 2.37. The van der Waals surface area contributed by atoms with Crippen molar-refractivity contribution in [1.29, 1.82) is 0 Å². The van der Waals surface area contributed by atoms with E-state index in [1.165, 1.54) is 6.42 Å². The molecule has 0 amide bonds. The molecule has 2 rings (SSSR count). The molecule has 0 bridgehead atoms. The van der Waals surface area contributed by atoms with Gasteiger partial charge in [0, 0.05) is 6.61 Å². The lowest BCUT2D eigenvalue weighted by molar-refractivity contribution is -0.0771. The Hall–Kier alpha value is -0.630. The van der Waals surface area contributed by atoms with Crippen molar-refractivity contribution in [2.45, 2.75) is 44.6 Å². The van der Waals surface area contributed by atoms with E-state index in [1.54, 1.807) is 22.6 Å². The van der Waals surface area contributed by atoms with Crippen molar-refractivity contribution in [2.75, 3.05) is 6.61 Å². The first kappa shape index (κ1) is 13.8. The van der Waals surface area contributed by atoms with E-state index in [0.717, 1.165) is 25.7 Å². The number of hydrogen-bond donors (Lipinski definition) is 2. The van der Waals surface area contributed by atoms with Crippen LogP contribution in [0.15, 0.2) is 4.79 Å². The smallest absolute Gasteiger partial charge is 0.268 e. The fourth-order valence-corrected chi connectivity index (χ4v) is 2.77. The van der Waals surface area contributed by atoms with E-state index in [4.69, 9.17) is 4.74 Å². The predicted octanol–water partition coefficient (Wildman–Crippen LogP) is 2.28. The van der Waals surface area contributed by atoms with Crippen LogP contribution in [-0.2, 0) is 10.3 Å². The second-order valence-electron chi connectivity index (χ2n) is 4.54. The first-order valence-electron chi connectivity index (χ1n) is 6.22. The van der Waals surface area contributed by atoms with Crippen LogP contribution in [0.3, 0.4) is 0 Å². The van der Waals surface area contributed by atoms with Gasteiger partial charge in [0.15, 0.2) is 0 Å². The maximum absolute atomic E-state index is 11.7. The lowest BCUT2D eigenvalue weighted by Crippen LogP contribution is -2.36. The third-order valence-corrected chi connectivity index (χ3v) is 4.33. The number of aromatic hydroxyl groups is 1. The Morgan fingerprint density at radius 1 is 1.44 bits per heavy atom. The zero-order valence-electron chi connectivity index (χ0n) is 10.3. The number of H-pyrrole nitrogens is 1. The number of nitrogens with zero attached hydrogens (tertiary/aromatic N) is 1. The molecule has 1 aromatic heterocycles. The third kappa shape index (κ3) is 2.54. The molecule has 18 heavy (non-hydrogen) atoms. The summed E-state index contributed by atoms with van der Waals surface area (Å²) in [6, 6.07) is 0. The number of rotatable bonds is 3. The van der Waals surface area contributed by atoms with Crippen LogP contribution in [0.5, 0.6) is 5.88 Å². The van der Waals surface area contributed by atoms with E-state index in [1.807, 2.05) is 6.92 Å². The van der Waals surface area contributed by atoms with Crippen molar-refractivity contribution in [2.24, 2.45) is 0 Å². The van der Waals surface area contributed by atoms with Gasteiger partial charge >= 0.3 is 0 Å². The van der Waals surface area contributed by atoms with E-state index in [-0.39, 0.29) is 15.0 Å². The monoisotopic (exact) mass is 364 g/mol. The molecular formula is C12H17IN2O3. The SMILES string of the molecule is CCOC1(c2nc(O)c(I)c(=O)[nH]2)CCCCC1. The normalized spacial score (nSPS) is 18.8. The number of hydrogen-bond acceptors (Lipinski definition) is 4. The molecule has 6 heteroatoms. The number of aromatic nitrogens is 2. The Balaban J connectivity index is 2.45. The Labute approximate surface area is 119 Å². The fraction of sp³-hybridized carbons (Fsp3) is 0.667. The lowest BCUT2D eigenvalue weighted by atomic mass is 9.84. The van der Waals surface area contributed by atoms with Crippen LogP contribution in [0, 0.1) is 3.57 Å². The van der Waals surface area contributed by atoms with Gasteiger partial charge < -0.3 is 14.8 Å². The summed E-state index contributed by atoms with van der Waals surface area (Å²) in [5.74, 6) is 0.256. The second-order valence-corrected chi connectivity index (χ2v) is 5.62. The summed E-state index contributed by atoms with van der Waals surface area (Å²) in [5.41, 5.74) is -0.837. The van der Waals surface area contributed by atoms with Gasteiger partial charge in [-0.3, -0.25) is 4.79 Å². The third-order valence-electron chi connectivity index (χ3n) is 3.36. The molecule has 1 aliphatic carbocycles. The molecule has 0 spiro atoms. The molecule has 0 unspecified atom stereocenters. The molecule has 1 aliphatic rings. The molecule has 1 saturated carbocycles. The molecule has 100 valence electrons. The van der Waals surface area contributed by atoms with Crippen molar-refractivity contribution in [3.05, 3.63) is 19.7 Å². The van der Waals surface area contributed by atoms with Gasteiger partial charge in [0.1, 0.15) is 15.0 Å². The standard InChI is InChI=1S/C12H17IN2O3/c1-2-18-12(6-4-3-5-7-12)11-14-9(16)8(13)10(17)15-11/h2-7H2,1H3,(H2,14,15,16,17). The first-order chi connectivity index (χ1) is 8.59. The molecule has 1 aromatic rings. The Kier molecular flexibility index (Phi) is 4.26. The zero-order chi connectivity index (χ0) is 13.2. The molecule has 0 aliphatic heterocycles. The number of aromatic amines is 1. The Morgan fingerprint density at radius 3 is 2.67 bits per heavy atom. The van der Waals surface area contributed by atoms with Crippen LogP contribution in [-0.4, -0.2) is 21.7 Å². The highest BCUT2D eigenvalue weighted by molar-refractivity contribution is 14.1. The topological polar surface area (TPSA) is 75.2 Å². The summed E-state index contributed by atoms with van der Waals surface area (Å²) < 4.78 is 6.08. The highest BCUT2D eigenvalue weighted by atomic mass is 127. The molecule has 2 N–H and O–H groups in total. The molecule has 0 radical (unpaired) electrons. The minimum absolute atomic E-state index is 0.209. The van der Waals surface area contributed by atoms with Gasteiger partial charge in [-0.2, -0.15) is 4.98 Å². The second kappa shape index (κ2) is 5.56. The minimum atomic E-state index is -0.534. The molecule has 0 aromatic carbocycles. The molecule has 1 fully saturated rings. The number of ether oxygens (including phenoxy) is 1. The van der Waals surface area contributed by atoms with E-state index in [2.05, 4.69) is 9.97 Å². The van der Waals surface area contributed by atoms with Gasteiger partial charge in [-0.25, -0.2) is 0 Å². The summed E-state index contributed by atoms with van der Waals surface area (Å²) >= 11 is 1.79. The van der Waals surface area contributed by atoms with Crippen molar-refractivity contribution in [3.63, 3.8) is 0 Å². The quantitative estimate of drug-likeness (QED) is 0.807. The lowest BCUT2D eigenvalue weighted by Gasteiger charge is -2.35. The van der Waals surface area contributed by atoms with Gasteiger partial charge in [-0.15, -0.1) is 0 Å². The molecule has 0 saturated heterocycles. The predicted molar refractivity (Wildman–Crippen MR) is 75.6 cm³/mol. The maximum atomic E-state index is 11.7. The summed E-state index contributed by atoms with van der Waals surface area (Å²) in [6.07, 6.45) is 4.95. The van der Waals surface area contributed by atoms with E-state index < -0.39 is 5.60 Å². The van der Waals surface area contributed by atoms with Gasteiger partial charge in [-0.05, 0) is 42.4 Å². The van der Waals surface area contributed by atoms with Crippen molar-refractivity contribution < 1.29 is 9.84 Å². The van der Waals surface area contributed by atoms with Crippen molar-refractivity contribution >= 4 is 22.6 Å². The van der Waals surface area contributed by atoms with Gasteiger partial charge in [-0.1, -0.05) is 19.3 Å². The highest BCUT2D eigenvalue weighted by Crippen LogP contribution is 2.39. The number of halogens is 1. The summed E-state index contributed by atoms with van der Waals surface area (Å²) in [7, 11) is 0. The molecule has 5 nitrogen and oxygen atoms in total. The highest BCUT2D eigenvalue weighted by Gasteiger charge is 2.37. The van der Waals surface area contributed by atoms with E-state index in [9.17, 15) is 9.90 Å². The average molecular weight is 364 g/mol. The summed E-state index contributed by atoms with van der Waals surface area (Å²) in [6.45, 7) is 2.50. The van der Waals surface area contributed by atoms with Crippen LogP contribution in [0.2, 0.25) is 0 Å². The largest absolute Gasteiger partial charge is 0.492 e. The fourth-order valence-electron chi connectivity index (χ4n) is 2.51. The van der Waals surface area contributed by atoms with Crippen molar-refractivity contribution in [3.8, 4) is 5.88 Å². The molecular weight excluding hydrogens is 347 g/mol. The van der Waals surface area contributed by atoms with Crippen LogP contribution >= 0.6 is 22.6 Å². The first-order valence-corrected chi connectivity index (χ1v) is 7.30. The zero-order valence-corrected chi connectivity index (χ0v) is 12.5. The molecule has 1 heterocycles. The van der Waals surface area contributed by atoms with Crippen LogP contribution in [0.25, 0.3) is 0 Å². The Bertz CT molecular complexity index is 475. The van der Waals surface area contributed by atoms with Crippen LogP contribution < -0.4 is 5.56 Å². The minimum Gasteiger partial charge on any atom is -0.492 e. The van der Waals surface area contributed by atoms with Gasteiger partial charge in [0.2, 0.25) is 5.88 Å². The van der Waals surface area contributed by atoms with Crippen molar-refractivity contribution in [1.82, 2.24) is 9.97 Å². The summed E-state index contributed by atoms with van der Waals surface area (Å²) in [4.78, 5) is 18.6. The van der Waals surface area contributed by atoms with E-state index in [0.29, 0.717) is 12.4 Å². The number of nitrogens with one attached hydrogen (secondary N) is 1. The van der Waals surface area contributed by atoms with Crippen LogP contribution in [0.4, 0.5) is 0 Å². The maximum Gasteiger partial charge on any atom is 0.268 e. The van der Waals surface area contributed by atoms with Crippen LogP contribution in [0.1, 0.15) is 44.9 Å². The van der Waals surface area contributed by atoms with Gasteiger partial charge in [0.25, 0.3) is 5.56 Å². The Morgan fingerprint density at radius 2 is 2.11 bits per heavy atom. The van der Waals surface area contributed by atoms with Gasteiger partial charge in [0.05, 0.1) is 0 Å².